The summed E-state index contributed by atoms with van der Waals surface area (Å²) in [6.07, 6.45) is 0. The molecule has 0 aliphatic carbocycles. The van der Waals surface area contributed by atoms with Crippen molar-refractivity contribution in [2.75, 3.05) is 13.7 Å². The molecule has 17 heavy (non-hydrogen) atoms. The third-order valence-electron chi connectivity index (χ3n) is 2.15. The summed E-state index contributed by atoms with van der Waals surface area (Å²) in [6.45, 7) is 3.88. The number of sulfonamides is 1. The maximum absolute atomic E-state index is 12.0. The summed E-state index contributed by atoms with van der Waals surface area (Å²) in [7, 11) is -2.07. The highest BCUT2D eigenvalue weighted by Gasteiger charge is 2.20. The average Bonchev–Trinajstić information content (AvgIpc) is 2.15. The second-order valence-electron chi connectivity index (χ2n) is 3.91. The zero-order chi connectivity index (χ0) is 13.1. The van der Waals surface area contributed by atoms with Crippen LogP contribution in [-0.2, 0) is 14.8 Å². The summed E-state index contributed by atoms with van der Waals surface area (Å²) in [5.74, 6) is 0. The second-order valence-corrected chi connectivity index (χ2v) is 6.00. The third kappa shape index (κ3) is 3.96. The van der Waals surface area contributed by atoms with Crippen molar-refractivity contribution < 1.29 is 13.2 Å². The van der Waals surface area contributed by atoms with Gasteiger partial charge in [0.15, 0.2) is 0 Å². The van der Waals surface area contributed by atoms with Gasteiger partial charge in [-0.15, -0.1) is 0 Å². The van der Waals surface area contributed by atoms with Crippen LogP contribution in [0.2, 0.25) is 5.02 Å². The molecule has 0 saturated heterocycles. The number of rotatable bonds is 5. The molecule has 0 heterocycles. The Morgan fingerprint density at radius 1 is 1.47 bits per heavy atom. The van der Waals surface area contributed by atoms with Crippen LogP contribution in [-0.4, -0.2) is 28.2 Å². The maximum Gasteiger partial charge on any atom is 0.242 e. The molecule has 1 aromatic rings. The van der Waals surface area contributed by atoms with E-state index < -0.39 is 10.0 Å². The fourth-order valence-corrected chi connectivity index (χ4v) is 3.26. The Kier molecular flexibility index (Phi) is 4.94. The van der Waals surface area contributed by atoms with Gasteiger partial charge in [-0.1, -0.05) is 17.7 Å². The van der Waals surface area contributed by atoms with Crippen LogP contribution in [0.4, 0.5) is 0 Å². The summed E-state index contributed by atoms with van der Waals surface area (Å²) in [5.41, 5.74) is 0.916. The van der Waals surface area contributed by atoms with Crippen LogP contribution in [0.15, 0.2) is 23.1 Å². The molecule has 0 radical (unpaired) electrons. The summed E-state index contributed by atoms with van der Waals surface area (Å²) in [4.78, 5) is 0.0905. The standard InChI is InChI=1S/C11H16ClNO3S/c1-8-4-5-11(10(12)6-8)17(14,15)13-9(2)7-16-3/h4-6,9,13H,7H2,1-3H3/t9-/m0/s1. The van der Waals surface area contributed by atoms with Crippen molar-refractivity contribution in [2.24, 2.45) is 0 Å². The molecule has 1 aromatic carbocycles. The molecule has 0 aromatic heterocycles. The predicted molar refractivity (Wildman–Crippen MR) is 67.8 cm³/mol. The first-order valence-corrected chi connectivity index (χ1v) is 7.00. The quantitative estimate of drug-likeness (QED) is 0.895. The lowest BCUT2D eigenvalue weighted by molar-refractivity contribution is 0.180. The molecule has 1 rings (SSSR count). The molecule has 6 heteroatoms. The van der Waals surface area contributed by atoms with Gasteiger partial charge in [0.25, 0.3) is 0 Å². The van der Waals surface area contributed by atoms with E-state index >= 15 is 0 Å². The number of ether oxygens (including phenoxy) is 1. The monoisotopic (exact) mass is 277 g/mol. The SMILES string of the molecule is COC[C@H](C)NS(=O)(=O)c1ccc(C)cc1Cl. The van der Waals surface area contributed by atoms with E-state index in [1.54, 1.807) is 19.1 Å². The van der Waals surface area contributed by atoms with E-state index in [1.807, 2.05) is 6.92 Å². The van der Waals surface area contributed by atoms with Crippen LogP contribution in [0.25, 0.3) is 0 Å². The molecule has 4 nitrogen and oxygen atoms in total. The van der Waals surface area contributed by atoms with Crippen molar-refractivity contribution in [3.05, 3.63) is 28.8 Å². The fraction of sp³-hybridized carbons (Fsp3) is 0.455. The van der Waals surface area contributed by atoms with E-state index in [0.29, 0.717) is 6.61 Å². The molecule has 0 aliphatic rings. The number of methoxy groups -OCH3 is 1. The van der Waals surface area contributed by atoms with Crippen molar-refractivity contribution in [3.63, 3.8) is 0 Å². The maximum atomic E-state index is 12.0. The molecule has 1 atom stereocenters. The number of halogens is 1. The molecule has 0 bridgehead atoms. The molecule has 0 amide bonds. The van der Waals surface area contributed by atoms with Crippen LogP contribution in [0.1, 0.15) is 12.5 Å². The molecule has 1 N–H and O–H groups in total. The highest BCUT2D eigenvalue weighted by atomic mass is 35.5. The van der Waals surface area contributed by atoms with Crippen LogP contribution >= 0.6 is 11.6 Å². The lowest BCUT2D eigenvalue weighted by Crippen LogP contribution is -2.35. The minimum atomic E-state index is -3.59. The van der Waals surface area contributed by atoms with Crippen molar-refractivity contribution in [1.29, 1.82) is 0 Å². The lowest BCUT2D eigenvalue weighted by atomic mass is 10.2. The Morgan fingerprint density at radius 3 is 2.65 bits per heavy atom. The van der Waals surface area contributed by atoms with Gasteiger partial charge in [-0.05, 0) is 31.5 Å². The zero-order valence-corrected chi connectivity index (χ0v) is 11.6. The van der Waals surface area contributed by atoms with Gasteiger partial charge in [0.05, 0.1) is 11.6 Å². The Labute approximate surface area is 107 Å². The van der Waals surface area contributed by atoms with Gasteiger partial charge in [0.2, 0.25) is 10.0 Å². The third-order valence-corrected chi connectivity index (χ3v) is 4.22. The van der Waals surface area contributed by atoms with Crippen LogP contribution in [0.3, 0.4) is 0 Å². The number of hydrogen-bond donors (Lipinski definition) is 1. The van der Waals surface area contributed by atoms with Gasteiger partial charge in [0.1, 0.15) is 4.90 Å². The van der Waals surface area contributed by atoms with Crippen molar-refractivity contribution in [3.8, 4) is 0 Å². The highest BCUT2D eigenvalue weighted by molar-refractivity contribution is 7.89. The van der Waals surface area contributed by atoms with Gasteiger partial charge < -0.3 is 4.74 Å². The first-order chi connectivity index (χ1) is 7.86. The fourth-order valence-electron chi connectivity index (χ4n) is 1.44. The van der Waals surface area contributed by atoms with E-state index in [4.69, 9.17) is 16.3 Å². The van der Waals surface area contributed by atoms with Crippen LogP contribution in [0, 0.1) is 6.92 Å². The van der Waals surface area contributed by atoms with Gasteiger partial charge in [-0.3, -0.25) is 0 Å². The van der Waals surface area contributed by atoms with Crippen molar-refractivity contribution >= 4 is 21.6 Å². The van der Waals surface area contributed by atoms with Crippen LogP contribution < -0.4 is 4.72 Å². The predicted octanol–water partition coefficient (Wildman–Crippen LogP) is 1.96. The summed E-state index contributed by atoms with van der Waals surface area (Å²) in [6, 6.07) is 4.53. The first-order valence-electron chi connectivity index (χ1n) is 5.14. The van der Waals surface area contributed by atoms with Crippen molar-refractivity contribution in [1.82, 2.24) is 4.72 Å². The van der Waals surface area contributed by atoms with E-state index in [1.165, 1.54) is 13.2 Å². The van der Waals surface area contributed by atoms with E-state index in [0.717, 1.165) is 5.56 Å². The molecular formula is C11H16ClNO3S. The topological polar surface area (TPSA) is 55.4 Å². The van der Waals surface area contributed by atoms with E-state index in [9.17, 15) is 8.42 Å². The van der Waals surface area contributed by atoms with Gasteiger partial charge in [-0.25, -0.2) is 13.1 Å². The molecule has 0 unspecified atom stereocenters. The van der Waals surface area contributed by atoms with Crippen molar-refractivity contribution in [2.45, 2.75) is 24.8 Å². The Morgan fingerprint density at radius 2 is 2.12 bits per heavy atom. The smallest absolute Gasteiger partial charge is 0.242 e. The Balaban J connectivity index is 2.97. The number of hydrogen-bond acceptors (Lipinski definition) is 3. The molecule has 96 valence electrons. The zero-order valence-electron chi connectivity index (χ0n) is 10.0. The molecule has 0 fully saturated rings. The summed E-state index contributed by atoms with van der Waals surface area (Å²) >= 11 is 5.92. The first kappa shape index (κ1) is 14.4. The summed E-state index contributed by atoms with van der Waals surface area (Å²) < 4.78 is 31.4. The van der Waals surface area contributed by atoms with E-state index in [2.05, 4.69) is 4.72 Å². The van der Waals surface area contributed by atoms with E-state index in [-0.39, 0.29) is 16.0 Å². The molecule has 0 aliphatic heterocycles. The minimum absolute atomic E-state index is 0.0905. The molecule has 0 spiro atoms. The average molecular weight is 278 g/mol. The lowest BCUT2D eigenvalue weighted by Gasteiger charge is -2.14. The number of aryl methyl sites for hydroxylation is 1. The number of nitrogens with one attached hydrogen (secondary N) is 1. The molecular weight excluding hydrogens is 262 g/mol. The van der Waals surface area contributed by atoms with Crippen LogP contribution in [0.5, 0.6) is 0 Å². The van der Waals surface area contributed by atoms with Gasteiger partial charge in [-0.2, -0.15) is 0 Å². The Bertz CT molecular complexity index is 487. The van der Waals surface area contributed by atoms with Gasteiger partial charge in [0, 0.05) is 13.2 Å². The highest BCUT2D eigenvalue weighted by Crippen LogP contribution is 2.22. The second kappa shape index (κ2) is 5.82. The Hall–Kier alpha value is -0.620. The normalized spacial score (nSPS) is 13.6. The minimum Gasteiger partial charge on any atom is -0.383 e. The number of benzene rings is 1. The largest absolute Gasteiger partial charge is 0.383 e. The molecule has 0 saturated carbocycles. The van der Waals surface area contributed by atoms with Gasteiger partial charge >= 0.3 is 0 Å². The summed E-state index contributed by atoms with van der Waals surface area (Å²) in [5, 5.41) is 0.224.